The summed E-state index contributed by atoms with van der Waals surface area (Å²) in [6, 6.07) is 0. The molecule has 2 aromatic rings. The summed E-state index contributed by atoms with van der Waals surface area (Å²) in [6.07, 6.45) is -13.5. The third kappa shape index (κ3) is 12.3. The minimum Gasteiger partial charge on any atom is -0.479 e. The van der Waals surface area contributed by atoms with Crippen molar-refractivity contribution in [3.63, 3.8) is 0 Å². The van der Waals surface area contributed by atoms with Crippen LogP contribution in [0, 0.1) is 0 Å². The minimum absolute atomic E-state index is 0.341. The van der Waals surface area contributed by atoms with Crippen molar-refractivity contribution in [1.29, 1.82) is 0 Å². The van der Waals surface area contributed by atoms with Crippen LogP contribution in [-0.4, -0.2) is 139 Å². The number of aryl methyl sites for hydroxylation is 1. The average Bonchev–Trinajstić information content (AvgIpc) is 3.54. The van der Waals surface area contributed by atoms with Gasteiger partial charge in [0.2, 0.25) is 6.10 Å². The third-order valence-electron chi connectivity index (χ3n) is 6.61. The molecule has 27 nitrogen and oxygen atoms in total. The lowest BCUT2D eigenvalue weighted by atomic mass is 10.2. The van der Waals surface area contributed by atoms with Crippen LogP contribution in [-0.2, 0) is 73.9 Å². The summed E-state index contributed by atoms with van der Waals surface area (Å²) in [5.41, 5.74) is 7.17. The van der Waals surface area contributed by atoms with E-state index in [9.17, 15) is 57.8 Å². The van der Waals surface area contributed by atoms with E-state index in [1.54, 1.807) is 5.43 Å². The molecule has 0 fully saturated rings. The van der Waals surface area contributed by atoms with E-state index < -0.39 is 127 Å². The van der Waals surface area contributed by atoms with Gasteiger partial charge in [0.25, 0.3) is 23.6 Å². The molecule has 2 rings (SSSR count). The number of carboxylic acids is 2. The van der Waals surface area contributed by atoms with Crippen molar-refractivity contribution >= 4 is 65.1 Å². The fourth-order valence-corrected chi connectivity index (χ4v) is 3.87. The quantitative estimate of drug-likeness (QED) is 0.0440. The number of hydrogen-bond donors (Lipinski definition) is 6. The molecule has 4 amide bonds. The van der Waals surface area contributed by atoms with Gasteiger partial charge in [-0.1, -0.05) is 5.21 Å². The van der Waals surface area contributed by atoms with E-state index >= 15 is 0 Å². The van der Waals surface area contributed by atoms with Gasteiger partial charge in [-0.2, -0.15) is 4.68 Å². The van der Waals surface area contributed by atoms with Crippen molar-refractivity contribution in [2.24, 2.45) is 12.8 Å². The number of esters is 4. The number of aromatic nitrogens is 5. The minimum atomic E-state index is -2.38. The van der Waals surface area contributed by atoms with Crippen LogP contribution in [0.2, 0.25) is 0 Å². The normalized spacial score (nSPS) is 13.5. The maximum atomic E-state index is 13.0. The highest BCUT2D eigenvalue weighted by Gasteiger charge is 2.35. The molecule has 0 bridgehead atoms. The van der Waals surface area contributed by atoms with Crippen molar-refractivity contribution < 1.29 is 81.8 Å². The molecule has 0 aliphatic heterocycles. The predicted molar refractivity (Wildman–Crippen MR) is 165 cm³/mol. The Morgan fingerprint density at radius 3 is 1.81 bits per heavy atom. The summed E-state index contributed by atoms with van der Waals surface area (Å²) < 4.78 is 25.4. The number of aliphatic carboxylic acids is 2. The Kier molecular flexibility index (Phi) is 15.6. The van der Waals surface area contributed by atoms with E-state index in [-0.39, 0.29) is 5.65 Å². The Morgan fingerprint density at radius 2 is 1.28 bits per heavy atom. The maximum absolute atomic E-state index is 13.0. The largest absolute Gasteiger partial charge is 0.479 e. The maximum Gasteiger partial charge on any atom is 0.352 e. The molecule has 0 saturated heterocycles. The first-order chi connectivity index (χ1) is 25.3. The summed E-state index contributed by atoms with van der Waals surface area (Å²) in [4.78, 5) is 138. The Bertz CT molecular complexity index is 1870. The van der Waals surface area contributed by atoms with Crippen molar-refractivity contribution in [3.05, 3.63) is 22.5 Å². The molecule has 54 heavy (non-hydrogen) atoms. The highest BCUT2D eigenvalue weighted by molar-refractivity contribution is 5.99. The summed E-state index contributed by atoms with van der Waals surface area (Å²) in [6.45, 7) is 1.19. The number of methoxy groups -OCH3 is 1. The second-order valence-electron chi connectivity index (χ2n) is 10.5. The van der Waals surface area contributed by atoms with Gasteiger partial charge in [0.05, 0.1) is 25.7 Å². The van der Waals surface area contributed by atoms with E-state index in [1.165, 1.54) is 21.0 Å². The topological polar surface area (TPSA) is 384 Å². The standard InChI is InChI=1S/C27H33N9O18/c1-10(22(42)29-2)51-15(37)5-11(20(28)41)52-18(40)8-14(26(47)48)54-16(38)6-12(53-17(39)7-13(50-4)25(45)46)23(43)32-33-24(44)19-21-31-34-35(3)27(49)36(21)9-30-19/h9-14H,5-8H2,1-4H3,(H2,28,41)(H,29,42)(H,32,43)(H,33,44)(H,45,46)(H,47,48). The Balaban J connectivity index is 2.17. The van der Waals surface area contributed by atoms with Crippen molar-refractivity contribution in [2.75, 3.05) is 14.2 Å². The molecule has 0 aliphatic carbocycles. The predicted octanol–water partition coefficient (Wildman–Crippen LogP) is -5.77. The van der Waals surface area contributed by atoms with Crippen LogP contribution in [0.15, 0.2) is 11.1 Å². The highest BCUT2D eigenvalue weighted by atomic mass is 16.6. The molecule has 0 spiro atoms. The highest BCUT2D eigenvalue weighted by Crippen LogP contribution is 2.12. The van der Waals surface area contributed by atoms with Gasteiger partial charge in [0, 0.05) is 21.2 Å². The summed E-state index contributed by atoms with van der Waals surface area (Å²) in [5, 5.41) is 28.0. The molecule has 294 valence electrons. The van der Waals surface area contributed by atoms with Gasteiger partial charge in [-0.25, -0.2) is 23.8 Å². The molecule has 2 heterocycles. The lowest BCUT2D eigenvalue weighted by Crippen LogP contribution is -2.49. The van der Waals surface area contributed by atoms with Gasteiger partial charge in [-0.3, -0.25) is 49.2 Å². The number of likely N-dealkylation sites (N-methyl/N-ethyl adjacent to an activating group) is 1. The molecule has 27 heteroatoms. The van der Waals surface area contributed by atoms with Crippen LogP contribution in [0.5, 0.6) is 0 Å². The first kappa shape index (κ1) is 43.1. The monoisotopic (exact) mass is 771 g/mol. The van der Waals surface area contributed by atoms with Crippen LogP contribution in [0.25, 0.3) is 5.65 Å². The second kappa shape index (κ2) is 19.5. The zero-order valence-electron chi connectivity index (χ0n) is 28.5. The molecule has 5 unspecified atom stereocenters. The third-order valence-corrected chi connectivity index (χ3v) is 6.61. The molecule has 0 aliphatic rings. The lowest BCUT2D eigenvalue weighted by Gasteiger charge is -2.20. The van der Waals surface area contributed by atoms with Gasteiger partial charge in [-0.05, 0) is 6.92 Å². The number of fused-ring (bicyclic) bond motifs is 1. The zero-order chi connectivity index (χ0) is 40.9. The van der Waals surface area contributed by atoms with Crippen LogP contribution < -0.4 is 27.6 Å². The molecule has 5 atom stereocenters. The number of rotatable bonds is 19. The Labute approximate surface area is 300 Å². The van der Waals surface area contributed by atoms with Gasteiger partial charge < -0.3 is 44.9 Å². The van der Waals surface area contributed by atoms with E-state index in [0.29, 0.717) is 0 Å². The fraction of sp³-hybridized carbons (Fsp3) is 0.481. The van der Waals surface area contributed by atoms with Crippen molar-refractivity contribution in [1.82, 2.24) is 40.5 Å². The van der Waals surface area contributed by atoms with Crippen LogP contribution in [0.4, 0.5) is 0 Å². The summed E-state index contributed by atoms with van der Waals surface area (Å²) >= 11 is 0. The SMILES string of the molecule is CNC(=O)C(C)OC(=O)CC(OC(=O)CC(OC(=O)CC(OC(=O)CC(OC)C(=O)O)C(=O)NNC(=O)c1ncn2c(=O)n(C)nnc12)C(=O)O)C(N)=O. The molecule has 0 radical (unpaired) electrons. The smallest absolute Gasteiger partial charge is 0.352 e. The fourth-order valence-electron chi connectivity index (χ4n) is 3.87. The van der Waals surface area contributed by atoms with E-state index in [0.717, 1.165) is 22.5 Å². The Morgan fingerprint density at radius 1 is 0.778 bits per heavy atom. The number of carboxylic acid groups (broad SMARTS) is 2. The number of nitrogens with one attached hydrogen (secondary N) is 3. The van der Waals surface area contributed by atoms with Gasteiger partial charge in [0.1, 0.15) is 6.33 Å². The van der Waals surface area contributed by atoms with Crippen LogP contribution in [0.1, 0.15) is 43.1 Å². The Hall–Kier alpha value is -7.06. The average molecular weight is 772 g/mol. The first-order valence-corrected chi connectivity index (χ1v) is 14.9. The number of nitrogens with zero attached hydrogens (tertiary/aromatic N) is 5. The van der Waals surface area contributed by atoms with Gasteiger partial charge in [-0.15, -0.1) is 5.10 Å². The van der Waals surface area contributed by atoms with E-state index in [2.05, 4.69) is 25.3 Å². The van der Waals surface area contributed by atoms with Crippen molar-refractivity contribution in [2.45, 2.75) is 63.1 Å². The van der Waals surface area contributed by atoms with Crippen LogP contribution >= 0.6 is 0 Å². The van der Waals surface area contributed by atoms with Gasteiger partial charge in [0.15, 0.2) is 35.8 Å². The number of ether oxygens (including phenoxy) is 5. The number of carbonyl (C=O) groups is 10. The van der Waals surface area contributed by atoms with E-state index in [1.807, 2.05) is 5.43 Å². The molecular weight excluding hydrogens is 738 g/mol. The number of primary amides is 1. The molecule has 7 N–H and O–H groups in total. The molecule has 0 aromatic carbocycles. The molecule has 0 saturated carbocycles. The van der Waals surface area contributed by atoms with Crippen molar-refractivity contribution in [3.8, 4) is 0 Å². The summed E-state index contributed by atoms with van der Waals surface area (Å²) in [7, 11) is 3.45. The second-order valence-corrected chi connectivity index (χ2v) is 10.5. The lowest BCUT2D eigenvalue weighted by molar-refractivity contribution is -0.175. The number of nitrogens with two attached hydrogens (primary N) is 1. The molecular formula is C27H33N9O18. The number of amides is 4. The number of carbonyl (C=O) groups excluding carboxylic acids is 8. The van der Waals surface area contributed by atoms with Gasteiger partial charge >= 0.3 is 41.5 Å². The number of hydrogen-bond acceptors (Lipinski definition) is 19. The first-order valence-electron chi connectivity index (χ1n) is 14.9. The number of imidazole rings is 1. The molecule has 2 aromatic heterocycles. The number of hydrazine groups is 1. The zero-order valence-corrected chi connectivity index (χ0v) is 28.5. The summed E-state index contributed by atoms with van der Waals surface area (Å²) in [5.74, 6) is -14.2. The van der Waals surface area contributed by atoms with Crippen LogP contribution in [0.3, 0.4) is 0 Å². The van der Waals surface area contributed by atoms with E-state index in [4.69, 9.17) is 29.8 Å².